The van der Waals surface area contributed by atoms with Gasteiger partial charge in [0, 0.05) is 19.1 Å². The van der Waals surface area contributed by atoms with Gasteiger partial charge in [-0.3, -0.25) is 4.84 Å². The van der Waals surface area contributed by atoms with Gasteiger partial charge in [-0.05, 0) is 38.8 Å². The van der Waals surface area contributed by atoms with E-state index in [1.807, 2.05) is 0 Å². The third-order valence-electron chi connectivity index (χ3n) is 4.01. The minimum Gasteiger partial charge on any atom is -0.479 e. The van der Waals surface area contributed by atoms with Crippen molar-refractivity contribution in [3.63, 3.8) is 0 Å². The lowest BCUT2D eigenvalue weighted by Gasteiger charge is -2.40. The monoisotopic (exact) mass is 285 g/mol. The van der Waals surface area contributed by atoms with Crippen molar-refractivity contribution in [3.8, 4) is 0 Å². The van der Waals surface area contributed by atoms with Gasteiger partial charge in [-0.15, -0.1) is 0 Å². The summed E-state index contributed by atoms with van der Waals surface area (Å²) in [5, 5.41) is 8.42. The van der Waals surface area contributed by atoms with Gasteiger partial charge in [-0.1, -0.05) is 6.42 Å². The number of likely N-dealkylation sites (tertiary alicyclic amines) is 2. The van der Waals surface area contributed by atoms with Crippen molar-refractivity contribution < 1.29 is 19.5 Å². The molecule has 0 aromatic rings. The van der Waals surface area contributed by atoms with Crippen LogP contribution in [0.2, 0.25) is 0 Å². The summed E-state index contributed by atoms with van der Waals surface area (Å²) in [6.07, 6.45) is 5.85. The van der Waals surface area contributed by atoms with Gasteiger partial charge in [-0.25, -0.2) is 15.1 Å². The van der Waals surface area contributed by atoms with Gasteiger partial charge in [-0.2, -0.15) is 0 Å². The average molecular weight is 285 g/mol. The Balaban J connectivity index is 1.67. The number of carboxylic acids is 1. The minimum absolute atomic E-state index is 0.344. The Morgan fingerprint density at radius 1 is 1.10 bits per heavy atom. The number of hydrogen-bond donors (Lipinski definition) is 2. The molecule has 2 N–H and O–H groups in total. The van der Waals surface area contributed by atoms with Crippen LogP contribution in [0.5, 0.6) is 0 Å². The van der Waals surface area contributed by atoms with Crippen molar-refractivity contribution in [2.75, 3.05) is 32.8 Å². The van der Waals surface area contributed by atoms with E-state index in [1.54, 1.807) is 4.90 Å². The SMILES string of the molecule is O=C(O)CONC(=O)N1CCC(N2CCCCC2)CC1. The Labute approximate surface area is 118 Å². The van der Waals surface area contributed by atoms with Crippen LogP contribution < -0.4 is 5.48 Å². The Morgan fingerprint density at radius 3 is 2.35 bits per heavy atom. The zero-order chi connectivity index (χ0) is 14.4. The molecule has 0 aromatic carbocycles. The zero-order valence-corrected chi connectivity index (χ0v) is 11.7. The number of urea groups is 1. The fourth-order valence-electron chi connectivity index (χ4n) is 2.94. The van der Waals surface area contributed by atoms with E-state index in [-0.39, 0.29) is 6.03 Å². The smallest absolute Gasteiger partial charge is 0.341 e. The summed E-state index contributed by atoms with van der Waals surface area (Å²) in [5.74, 6) is -1.10. The van der Waals surface area contributed by atoms with Crippen molar-refractivity contribution >= 4 is 12.0 Å². The Hall–Kier alpha value is -1.34. The molecular formula is C13H23N3O4. The van der Waals surface area contributed by atoms with Crippen molar-refractivity contribution in [2.24, 2.45) is 0 Å². The fourth-order valence-corrected chi connectivity index (χ4v) is 2.94. The van der Waals surface area contributed by atoms with Gasteiger partial charge < -0.3 is 14.9 Å². The number of aliphatic carboxylic acids is 1. The molecular weight excluding hydrogens is 262 g/mol. The van der Waals surface area contributed by atoms with Gasteiger partial charge in [0.1, 0.15) is 0 Å². The van der Waals surface area contributed by atoms with Crippen molar-refractivity contribution in [2.45, 2.75) is 38.1 Å². The number of carbonyl (C=O) groups is 2. The molecule has 2 rings (SSSR count). The quantitative estimate of drug-likeness (QED) is 0.742. The molecule has 2 aliphatic heterocycles. The second kappa shape index (κ2) is 7.44. The van der Waals surface area contributed by atoms with Crippen LogP contribution >= 0.6 is 0 Å². The van der Waals surface area contributed by atoms with Crippen LogP contribution in [-0.4, -0.2) is 65.7 Å². The Morgan fingerprint density at radius 2 is 1.75 bits per heavy atom. The molecule has 114 valence electrons. The first-order valence-corrected chi connectivity index (χ1v) is 7.29. The topological polar surface area (TPSA) is 82.1 Å². The molecule has 0 aromatic heterocycles. The molecule has 20 heavy (non-hydrogen) atoms. The van der Waals surface area contributed by atoms with Crippen molar-refractivity contribution in [1.29, 1.82) is 0 Å². The normalized spacial score (nSPS) is 21.7. The first-order valence-electron chi connectivity index (χ1n) is 7.29. The number of piperidine rings is 2. The Bertz CT molecular complexity index is 337. The number of nitrogens with zero attached hydrogens (tertiary/aromatic N) is 2. The average Bonchev–Trinajstić information content (AvgIpc) is 2.48. The lowest BCUT2D eigenvalue weighted by atomic mass is 10.0. The van der Waals surface area contributed by atoms with E-state index in [1.165, 1.54) is 32.4 Å². The molecule has 2 fully saturated rings. The van der Waals surface area contributed by atoms with Crippen LogP contribution in [0, 0.1) is 0 Å². The summed E-state index contributed by atoms with van der Waals surface area (Å²) < 4.78 is 0. The van der Waals surface area contributed by atoms with Crippen LogP contribution in [0.1, 0.15) is 32.1 Å². The molecule has 7 nitrogen and oxygen atoms in total. The highest BCUT2D eigenvalue weighted by Gasteiger charge is 2.27. The zero-order valence-electron chi connectivity index (χ0n) is 11.7. The molecule has 0 atom stereocenters. The molecule has 0 bridgehead atoms. The summed E-state index contributed by atoms with van der Waals surface area (Å²) in [5.41, 5.74) is 2.17. The summed E-state index contributed by atoms with van der Waals surface area (Å²) >= 11 is 0. The number of carbonyl (C=O) groups excluding carboxylic acids is 1. The van der Waals surface area contributed by atoms with E-state index in [4.69, 9.17) is 5.11 Å². The van der Waals surface area contributed by atoms with Crippen molar-refractivity contribution in [3.05, 3.63) is 0 Å². The number of hydrogen-bond acceptors (Lipinski definition) is 4. The maximum absolute atomic E-state index is 11.7. The molecule has 0 spiro atoms. The van der Waals surface area contributed by atoms with E-state index >= 15 is 0 Å². The molecule has 2 saturated heterocycles. The molecule has 7 heteroatoms. The summed E-state index contributed by atoms with van der Waals surface area (Å²) in [7, 11) is 0. The third-order valence-corrected chi connectivity index (χ3v) is 4.01. The molecule has 0 unspecified atom stereocenters. The molecule has 0 aliphatic carbocycles. The molecule has 2 aliphatic rings. The predicted molar refractivity (Wildman–Crippen MR) is 72.1 cm³/mol. The van der Waals surface area contributed by atoms with Crippen LogP contribution in [0.4, 0.5) is 4.79 Å². The predicted octanol–water partition coefficient (Wildman–Crippen LogP) is 0.662. The summed E-state index contributed by atoms with van der Waals surface area (Å²) in [6.45, 7) is 3.24. The standard InChI is InChI=1S/C13H23N3O4/c17-12(18)10-20-14-13(19)16-8-4-11(5-9-16)15-6-2-1-3-7-15/h11H,1-10H2,(H,14,19)(H,17,18). The van der Waals surface area contributed by atoms with E-state index in [0.29, 0.717) is 19.1 Å². The largest absolute Gasteiger partial charge is 0.479 e. The van der Waals surface area contributed by atoms with Crippen LogP contribution in [0.3, 0.4) is 0 Å². The van der Waals surface area contributed by atoms with Gasteiger partial charge in [0.25, 0.3) is 0 Å². The molecule has 2 heterocycles. The number of amides is 2. The van der Waals surface area contributed by atoms with E-state index in [0.717, 1.165) is 12.8 Å². The third kappa shape index (κ3) is 4.35. The number of hydroxylamine groups is 1. The highest BCUT2D eigenvalue weighted by atomic mass is 16.7. The summed E-state index contributed by atoms with van der Waals surface area (Å²) in [6, 6.07) is 0.239. The molecule has 2 amide bonds. The van der Waals surface area contributed by atoms with E-state index < -0.39 is 12.6 Å². The second-order valence-electron chi connectivity index (χ2n) is 5.40. The van der Waals surface area contributed by atoms with E-state index in [9.17, 15) is 9.59 Å². The first-order chi connectivity index (χ1) is 9.66. The van der Waals surface area contributed by atoms with Crippen LogP contribution in [0.25, 0.3) is 0 Å². The first kappa shape index (κ1) is 15.1. The van der Waals surface area contributed by atoms with Gasteiger partial charge >= 0.3 is 12.0 Å². The maximum Gasteiger partial charge on any atom is 0.341 e. The minimum atomic E-state index is -1.10. The van der Waals surface area contributed by atoms with Gasteiger partial charge in [0.05, 0.1) is 0 Å². The number of carboxylic acid groups (broad SMARTS) is 1. The van der Waals surface area contributed by atoms with Crippen LogP contribution in [0.15, 0.2) is 0 Å². The van der Waals surface area contributed by atoms with Crippen molar-refractivity contribution in [1.82, 2.24) is 15.3 Å². The number of nitrogens with one attached hydrogen (secondary N) is 1. The highest BCUT2D eigenvalue weighted by Crippen LogP contribution is 2.20. The second-order valence-corrected chi connectivity index (χ2v) is 5.40. The van der Waals surface area contributed by atoms with Crippen LogP contribution in [-0.2, 0) is 9.63 Å². The molecule has 0 radical (unpaired) electrons. The lowest BCUT2D eigenvalue weighted by Crippen LogP contribution is -2.50. The highest BCUT2D eigenvalue weighted by molar-refractivity contribution is 5.73. The molecule has 0 saturated carbocycles. The lowest BCUT2D eigenvalue weighted by molar-refractivity contribution is -0.144. The number of rotatable bonds is 4. The summed E-state index contributed by atoms with van der Waals surface area (Å²) in [4.78, 5) is 30.9. The fraction of sp³-hybridized carbons (Fsp3) is 0.846. The van der Waals surface area contributed by atoms with Gasteiger partial charge in [0.2, 0.25) is 0 Å². The van der Waals surface area contributed by atoms with Gasteiger partial charge in [0.15, 0.2) is 6.61 Å². The van der Waals surface area contributed by atoms with E-state index in [2.05, 4.69) is 15.2 Å². The Kier molecular flexibility index (Phi) is 5.60. The maximum atomic E-state index is 11.7.